The minimum absolute atomic E-state index is 0.00565. The van der Waals surface area contributed by atoms with Gasteiger partial charge < -0.3 is 9.47 Å². The van der Waals surface area contributed by atoms with Gasteiger partial charge in [-0.2, -0.15) is 0 Å². The summed E-state index contributed by atoms with van der Waals surface area (Å²) in [5.41, 5.74) is 0. The van der Waals surface area contributed by atoms with Crippen molar-refractivity contribution in [2.75, 3.05) is 0 Å². The third-order valence-electron chi connectivity index (χ3n) is 6.09. The van der Waals surface area contributed by atoms with E-state index in [1.54, 1.807) is 0 Å². The van der Waals surface area contributed by atoms with E-state index in [9.17, 15) is 4.79 Å². The number of hydrogen-bond acceptors (Lipinski definition) is 3. The lowest BCUT2D eigenvalue weighted by Crippen LogP contribution is -2.22. The summed E-state index contributed by atoms with van der Waals surface area (Å²) in [7, 11) is 0. The first kappa shape index (κ1) is 25.3. The monoisotopic (exact) mass is 396 g/mol. The Morgan fingerprint density at radius 1 is 0.500 bits per heavy atom. The maximum atomic E-state index is 11.5. The van der Waals surface area contributed by atoms with Crippen LogP contribution in [-0.2, 0) is 9.47 Å². The summed E-state index contributed by atoms with van der Waals surface area (Å²) in [6, 6.07) is 0. The van der Waals surface area contributed by atoms with E-state index in [1.807, 2.05) is 0 Å². The molecule has 2 atom stereocenters. The van der Waals surface area contributed by atoms with E-state index in [0.29, 0.717) is 0 Å². The van der Waals surface area contributed by atoms with E-state index in [4.69, 9.17) is 9.47 Å². The molecule has 0 spiro atoms. The number of ether oxygens (including phenoxy) is 2. The van der Waals surface area contributed by atoms with E-state index >= 15 is 0 Å². The molecule has 0 amide bonds. The minimum Gasteiger partial charge on any atom is -0.427 e. The van der Waals surface area contributed by atoms with Gasteiger partial charge in [-0.1, -0.05) is 117 Å². The second-order valence-corrected chi connectivity index (χ2v) is 8.80. The third-order valence-corrected chi connectivity index (χ3v) is 6.09. The molecule has 0 N–H and O–H groups in total. The van der Waals surface area contributed by atoms with Gasteiger partial charge in [0.15, 0.2) is 0 Å². The van der Waals surface area contributed by atoms with Gasteiger partial charge in [-0.05, 0) is 25.7 Å². The quantitative estimate of drug-likeness (QED) is 0.152. The van der Waals surface area contributed by atoms with Crippen molar-refractivity contribution in [3.05, 3.63) is 0 Å². The summed E-state index contributed by atoms with van der Waals surface area (Å²) in [6.07, 6.45) is 25.4. The van der Waals surface area contributed by atoms with E-state index in [-0.39, 0.29) is 12.2 Å². The molecule has 1 aliphatic heterocycles. The Bertz CT molecular complexity index is 324. The first-order valence-corrected chi connectivity index (χ1v) is 12.6. The van der Waals surface area contributed by atoms with Crippen LogP contribution in [0, 0.1) is 0 Å². The van der Waals surface area contributed by atoms with Crippen LogP contribution in [0.4, 0.5) is 4.79 Å². The molecule has 0 saturated carbocycles. The highest BCUT2D eigenvalue weighted by Gasteiger charge is 2.35. The average molecular weight is 397 g/mol. The van der Waals surface area contributed by atoms with Crippen molar-refractivity contribution in [1.82, 2.24) is 0 Å². The molecule has 0 aromatic rings. The topological polar surface area (TPSA) is 35.5 Å². The maximum Gasteiger partial charge on any atom is 0.509 e. The largest absolute Gasteiger partial charge is 0.509 e. The molecule has 0 bridgehead atoms. The van der Waals surface area contributed by atoms with Gasteiger partial charge in [0, 0.05) is 0 Å². The fraction of sp³-hybridized carbons (Fsp3) is 0.960. The summed E-state index contributed by atoms with van der Waals surface area (Å²) < 4.78 is 10.8. The second kappa shape index (κ2) is 18.3. The molecule has 1 rings (SSSR count). The highest BCUT2D eigenvalue weighted by molar-refractivity contribution is 5.62. The van der Waals surface area contributed by atoms with Crippen LogP contribution in [0.3, 0.4) is 0 Å². The van der Waals surface area contributed by atoms with Gasteiger partial charge in [0.05, 0.1) is 0 Å². The molecule has 0 aromatic carbocycles. The molecule has 1 aliphatic rings. The molecule has 1 saturated heterocycles. The number of hydrogen-bond donors (Lipinski definition) is 0. The normalized spacial score (nSPS) is 19.0. The van der Waals surface area contributed by atoms with Crippen LogP contribution in [-0.4, -0.2) is 18.4 Å². The van der Waals surface area contributed by atoms with E-state index in [1.165, 1.54) is 103 Å². The molecule has 0 aliphatic carbocycles. The summed E-state index contributed by atoms with van der Waals surface area (Å²) in [6.45, 7) is 4.53. The first-order valence-electron chi connectivity index (χ1n) is 12.6. The zero-order valence-electron chi connectivity index (χ0n) is 19.0. The fourth-order valence-electron chi connectivity index (χ4n) is 4.23. The lowest BCUT2D eigenvalue weighted by Gasteiger charge is -2.15. The van der Waals surface area contributed by atoms with Gasteiger partial charge in [-0.15, -0.1) is 0 Å². The van der Waals surface area contributed by atoms with Gasteiger partial charge in [-0.3, -0.25) is 0 Å². The van der Waals surface area contributed by atoms with Gasteiger partial charge in [0.1, 0.15) is 12.2 Å². The first-order chi connectivity index (χ1) is 13.8. The summed E-state index contributed by atoms with van der Waals surface area (Å²) >= 11 is 0. The van der Waals surface area contributed by atoms with Crippen molar-refractivity contribution >= 4 is 6.16 Å². The Hall–Kier alpha value is -0.730. The van der Waals surface area contributed by atoms with Crippen LogP contribution < -0.4 is 0 Å². The SMILES string of the molecule is CCCCCCCCCCCC1OC(=O)OC1CCCCCCCCCCC. The zero-order chi connectivity index (χ0) is 20.3. The van der Waals surface area contributed by atoms with E-state index in [2.05, 4.69) is 13.8 Å². The standard InChI is InChI=1S/C25H48O3/c1-3-5-7-9-11-13-15-17-19-21-23-24(28-25(26)27-23)22-20-18-16-14-12-10-8-6-4-2/h23-24H,3-22H2,1-2H3. The van der Waals surface area contributed by atoms with Gasteiger partial charge in [0.25, 0.3) is 0 Å². The van der Waals surface area contributed by atoms with Crippen molar-refractivity contribution in [2.45, 2.75) is 154 Å². The predicted octanol–water partition coefficient (Wildman–Crippen LogP) is 8.73. The van der Waals surface area contributed by atoms with E-state index in [0.717, 1.165) is 25.7 Å². The summed E-state index contributed by atoms with van der Waals surface area (Å²) in [5, 5.41) is 0. The molecule has 1 heterocycles. The van der Waals surface area contributed by atoms with Crippen molar-refractivity contribution in [3.63, 3.8) is 0 Å². The summed E-state index contributed by atoms with van der Waals surface area (Å²) in [5.74, 6) is 0. The number of cyclic esters (lactones) is 2. The van der Waals surface area contributed by atoms with Gasteiger partial charge in [-0.25, -0.2) is 4.79 Å². The zero-order valence-corrected chi connectivity index (χ0v) is 19.0. The predicted molar refractivity (Wildman–Crippen MR) is 119 cm³/mol. The lowest BCUT2D eigenvalue weighted by atomic mass is 9.99. The number of rotatable bonds is 20. The van der Waals surface area contributed by atoms with Crippen molar-refractivity contribution < 1.29 is 14.3 Å². The van der Waals surface area contributed by atoms with Crippen molar-refractivity contribution in [3.8, 4) is 0 Å². The van der Waals surface area contributed by atoms with Crippen molar-refractivity contribution in [1.29, 1.82) is 0 Å². The van der Waals surface area contributed by atoms with Gasteiger partial charge >= 0.3 is 6.16 Å². The Morgan fingerprint density at radius 3 is 1.11 bits per heavy atom. The van der Waals surface area contributed by atoms with Crippen LogP contribution in [0.2, 0.25) is 0 Å². The molecule has 28 heavy (non-hydrogen) atoms. The molecule has 166 valence electrons. The Morgan fingerprint density at radius 2 is 0.786 bits per heavy atom. The molecular formula is C25H48O3. The molecule has 2 unspecified atom stereocenters. The average Bonchev–Trinajstić information content (AvgIpc) is 3.04. The molecule has 3 heteroatoms. The Kier molecular flexibility index (Phi) is 16.5. The number of carbonyl (C=O) groups is 1. The van der Waals surface area contributed by atoms with Crippen molar-refractivity contribution in [2.24, 2.45) is 0 Å². The Labute approximate surface area is 175 Å². The highest BCUT2D eigenvalue weighted by Crippen LogP contribution is 2.25. The fourth-order valence-corrected chi connectivity index (χ4v) is 4.23. The minimum atomic E-state index is -0.443. The summed E-state index contributed by atoms with van der Waals surface area (Å²) in [4.78, 5) is 11.5. The molecular weight excluding hydrogens is 348 g/mol. The molecule has 1 fully saturated rings. The molecule has 0 radical (unpaired) electrons. The van der Waals surface area contributed by atoms with Crippen LogP contribution in [0.5, 0.6) is 0 Å². The maximum absolute atomic E-state index is 11.5. The number of unbranched alkanes of at least 4 members (excludes halogenated alkanes) is 16. The molecule has 3 nitrogen and oxygen atoms in total. The van der Waals surface area contributed by atoms with E-state index < -0.39 is 6.16 Å². The molecule has 0 aromatic heterocycles. The third kappa shape index (κ3) is 13.4. The van der Waals surface area contributed by atoms with Crippen LogP contribution in [0.25, 0.3) is 0 Å². The second-order valence-electron chi connectivity index (χ2n) is 8.80. The van der Waals surface area contributed by atoms with Crippen LogP contribution in [0.1, 0.15) is 142 Å². The highest BCUT2D eigenvalue weighted by atomic mass is 16.8. The lowest BCUT2D eigenvalue weighted by molar-refractivity contribution is 0.114. The van der Waals surface area contributed by atoms with Gasteiger partial charge in [0.2, 0.25) is 0 Å². The number of carbonyl (C=O) groups excluding carboxylic acids is 1. The Balaban J connectivity index is 1.98. The van der Waals surface area contributed by atoms with Crippen LogP contribution in [0.15, 0.2) is 0 Å². The smallest absolute Gasteiger partial charge is 0.427 e. The van der Waals surface area contributed by atoms with Crippen LogP contribution >= 0.6 is 0 Å².